The van der Waals surface area contributed by atoms with Gasteiger partial charge in [0.15, 0.2) is 6.10 Å². The number of unbranched alkanes of at least 4 members (excludes halogenated alkanes) is 3. The van der Waals surface area contributed by atoms with Crippen LogP contribution in [0.5, 0.6) is 0 Å². The summed E-state index contributed by atoms with van der Waals surface area (Å²) in [6.45, 7) is 1.99. The summed E-state index contributed by atoms with van der Waals surface area (Å²) in [5.41, 5.74) is 0.123. The maximum atomic E-state index is 13.1. The Morgan fingerprint density at radius 2 is 1.76 bits per heavy atom. The predicted molar refractivity (Wildman–Crippen MR) is 95.7 cm³/mol. The third-order valence-electron chi connectivity index (χ3n) is 3.97. The number of alkyl halides is 3. The fraction of sp³-hybridized carbons (Fsp3) is 0.421. The van der Waals surface area contributed by atoms with E-state index in [-0.39, 0.29) is 12.0 Å². The van der Waals surface area contributed by atoms with Gasteiger partial charge >= 0.3 is 12.1 Å². The van der Waals surface area contributed by atoms with Crippen LogP contribution in [-0.4, -0.2) is 18.2 Å². The summed E-state index contributed by atoms with van der Waals surface area (Å²) < 4.78 is 45.0. The Kier molecular flexibility index (Phi) is 6.87. The van der Waals surface area contributed by atoms with Crippen molar-refractivity contribution in [3.8, 4) is 0 Å². The SMILES string of the molecule is CCCCCCC(OC(=O)c1ccc2cc(Br)ccc2c1)C(F)(F)F. The first-order chi connectivity index (χ1) is 11.8. The van der Waals surface area contributed by atoms with E-state index < -0.39 is 18.2 Å². The summed E-state index contributed by atoms with van der Waals surface area (Å²) in [4.78, 5) is 12.2. The standard InChI is InChI=1S/C19H20BrF3O2/c1-2-3-4-5-6-17(19(21,22)23)25-18(24)15-8-7-14-12-16(20)10-9-13(14)11-15/h7-12,17H,2-6H2,1H3. The molecule has 0 amide bonds. The van der Waals surface area contributed by atoms with Crippen LogP contribution in [-0.2, 0) is 4.74 Å². The van der Waals surface area contributed by atoms with Gasteiger partial charge in [0.1, 0.15) is 0 Å². The third kappa shape index (κ3) is 5.73. The van der Waals surface area contributed by atoms with Gasteiger partial charge in [-0.2, -0.15) is 13.2 Å². The molecule has 0 aromatic heterocycles. The highest BCUT2D eigenvalue weighted by Crippen LogP contribution is 2.29. The van der Waals surface area contributed by atoms with Crippen LogP contribution in [0.4, 0.5) is 13.2 Å². The lowest BCUT2D eigenvalue weighted by atomic mass is 10.1. The zero-order chi connectivity index (χ0) is 18.4. The predicted octanol–water partition coefficient (Wildman–Crippen LogP) is 6.66. The molecule has 0 aliphatic carbocycles. The molecule has 0 fully saturated rings. The van der Waals surface area contributed by atoms with Gasteiger partial charge in [-0.05, 0) is 47.9 Å². The van der Waals surface area contributed by atoms with Gasteiger partial charge in [-0.25, -0.2) is 4.79 Å². The number of benzene rings is 2. The lowest BCUT2D eigenvalue weighted by molar-refractivity contribution is -0.206. The highest BCUT2D eigenvalue weighted by atomic mass is 79.9. The van der Waals surface area contributed by atoms with Crippen molar-refractivity contribution in [2.45, 2.75) is 51.3 Å². The Bertz CT molecular complexity index is 728. The minimum Gasteiger partial charge on any atom is -0.449 e. The van der Waals surface area contributed by atoms with Crippen LogP contribution in [0.25, 0.3) is 10.8 Å². The first kappa shape index (κ1) is 19.8. The lowest BCUT2D eigenvalue weighted by Crippen LogP contribution is -2.33. The molecule has 6 heteroatoms. The quantitative estimate of drug-likeness (QED) is 0.372. The van der Waals surface area contributed by atoms with Crippen molar-refractivity contribution < 1.29 is 22.7 Å². The van der Waals surface area contributed by atoms with Crippen molar-refractivity contribution in [1.29, 1.82) is 0 Å². The van der Waals surface area contributed by atoms with Crippen molar-refractivity contribution in [3.63, 3.8) is 0 Å². The van der Waals surface area contributed by atoms with Gasteiger partial charge in [-0.15, -0.1) is 0 Å². The molecule has 0 aliphatic heterocycles. The average Bonchev–Trinajstić information content (AvgIpc) is 2.56. The van der Waals surface area contributed by atoms with Crippen molar-refractivity contribution >= 4 is 32.7 Å². The zero-order valence-electron chi connectivity index (χ0n) is 13.9. The molecular formula is C19H20BrF3O2. The molecule has 25 heavy (non-hydrogen) atoms. The molecule has 136 valence electrons. The molecule has 0 saturated carbocycles. The first-order valence-electron chi connectivity index (χ1n) is 8.28. The van der Waals surface area contributed by atoms with Crippen molar-refractivity contribution in [3.05, 3.63) is 46.4 Å². The van der Waals surface area contributed by atoms with E-state index in [4.69, 9.17) is 4.74 Å². The molecule has 1 atom stereocenters. The van der Waals surface area contributed by atoms with Crippen molar-refractivity contribution in [2.75, 3.05) is 0 Å². The Morgan fingerprint density at radius 3 is 2.44 bits per heavy atom. The summed E-state index contributed by atoms with van der Waals surface area (Å²) in [5.74, 6) is -0.942. The van der Waals surface area contributed by atoms with E-state index >= 15 is 0 Å². The highest BCUT2D eigenvalue weighted by molar-refractivity contribution is 9.10. The summed E-state index contributed by atoms with van der Waals surface area (Å²) in [7, 11) is 0. The van der Waals surface area contributed by atoms with Gasteiger partial charge in [0.05, 0.1) is 5.56 Å². The lowest BCUT2D eigenvalue weighted by Gasteiger charge is -2.20. The molecule has 0 spiro atoms. The van der Waals surface area contributed by atoms with E-state index in [9.17, 15) is 18.0 Å². The number of hydrogen-bond donors (Lipinski definition) is 0. The van der Waals surface area contributed by atoms with Gasteiger partial charge in [-0.1, -0.05) is 54.2 Å². The third-order valence-corrected chi connectivity index (χ3v) is 4.47. The van der Waals surface area contributed by atoms with E-state index in [1.807, 2.05) is 19.1 Å². The summed E-state index contributed by atoms with van der Waals surface area (Å²) in [6, 6.07) is 10.2. The van der Waals surface area contributed by atoms with Gasteiger partial charge < -0.3 is 4.74 Å². The molecule has 0 N–H and O–H groups in total. The smallest absolute Gasteiger partial charge is 0.425 e. The first-order valence-corrected chi connectivity index (χ1v) is 9.07. The Hall–Kier alpha value is -1.56. The largest absolute Gasteiger partial charge is 0.449 e. The van der Waals surface area contributed by atoms with E-state index in [2.05, 4.69) is 15.9 Å². The fourth-order valence-corrected chi connectivity index (χ4v) is 2.97. The molecule has 1 unspecified atom stereocenters. The van der Waals surface area contributed by atoms with Crippen molar-refractivity contribution in [1.82, 2.24) is 0 Å². The second-order valence-electron chi connectivity index (χ2n) is 5.99. The van der Waals surface area contributed by atoms with E-state index in [0.29, 0.717) is 12.8 Å². The summed E-state index contributed by atoms with van der Waals surface area (Å²) >= 11 is 3.35. The van der Waals surface area contributed by atoms with Crippen LogP contribution in [0.1, 0.15) is 49.4 Å². The van der Waals surface area contributed by atoms with E-state index in [1.165, 1.54) is 6.07 Å². The van der Waals surface area contributed by atoms with Gasteiger partial charge in [-0.3, -0.25) is 0 Å². The molecule has 0 saturated heterocycles. The molecule has 0 radical (unpaired) electrons. The summed E-state index contributed by atoms with van der Waals surface area (Å²) in [6.07, 6.45) is -3.91. The second kappa shape index (κ2) is 8.70. The van der Waals surface area contributed by atoms with Gasteiger partial charge in [0.2, 0.25) is 0 Å². The molecule has 0 aliphatic rings. The number of halogens is 4. The monoisotopic (exact) mass is 416 g/mol. The summed E-state index contributed by atoms with van der Waals surface area (Å²) in [5, 5.41) is 1.65. The van der Waals surface area contributed by atoms with E-state index in [1.54, 1.807) is 18.2 Å². The molecule has 0 heterocycles. The van der Waals surface area contributed by atoms with Gasteiger partial charge in [0.25, 0.3) is 0 Å². The maximum absolute atomic E-state index is 13.1. The molecule has 2 aromatic rings. The van der Waals surface area contributed by atoms with Crippen LogP contribution in [0, 0.1) is 0 Å². The van der Waals surface area contributed by atoms with Crippen LogP contribution in [0.3, 0.4) is 0 Å². The molecule has 2 rings (SSSR count). The number of fused-ring (bicyclic) bond motifs is 1. The number of esters is 1. The normalized spacial score (nSPS) is 13.0. The minimum absolute atomic E-state index is 0.123. The number of hydrogen-bond acceptors (Lipinski definition) is 2. The van der Waals surface area contributed by atoms with Crippen LogP contribution in [0.2, 0.25) is 0 Å². The number of carbonyl (C=O) groups excluding carboxylic acids is 1. The van der Waals surface area contributed by atoms with Crippen molar-refractivity contribution in [2.24, 2.45) is 0 Å². The number of ether oxygens (including phenoxy) is 1. The Labute approximate surface area is 153 Å². The van der Waals surface area contributed by atoms with Crippen LogP contribution in [0.15, 0.2) is 40.9 Å². The number of carbonyl (C=O) groups is 1. The topological polar surface area (TPSA) is 26.3 Å². The van der Waals surface area contributed by atoms with Crippen LogP contribution < -0.4 is 0 Å². The fourth-order valence-electron chi connectivity index (χ4n) is 2.59. The molecule has 2 aromatic carbocycles. The average molecular weight is 417 g/mol. The highest BCUT2D eigenvalue weighted by Gasteiger charge is 2.42. The minimum atomic E-state index is -4.55. The Morgan fingerprint density at radius 1 is 1.08 bits per heavy atom. The van der Waals surface area contributed by atoms with Crippen LogP contribution >= 0.6 is 15.9 Å². The Balaban J connectivity index is 2.10. The van der Waals surface area contributed by atoms with E-state index in [0.717, 1.165) is 28.1 Å². The number of rotatable bonds is 7. The van der Waals surface area contributed by atoms with Gasteiger partial charge in [0, 0.05) is 4.47 Å². The maximum Gasteiger partial charge on any atom is 0.425 e. The molecule has 0 bridgehead atoms. The molecule has 2 nitrogen and oxygen atoms in total. The zero-order valence-corrected chi connectivity index (χ0v) is 15.5. The second-order valence-corrected chi connectivity index (χ2v) is 6.91. The molecular weight excluding hydrogens is 397 g/mol.